The molecule has 4 nitrogen and oxygen atoms in total. The zero-order valence-electron chi connectivity index (χ0n) is 11.5. The summed E-state index contributed by atoms with van der Waals surface area (Å²) in [4.78, 5) is 22.9. The Labute approximate surface area is 122 Å². The number of benzene rings is 2. The largest absolute Gasteiger partial charge is 0.326 e. The molecule has 0 aliphatic heterocycles. The number of hydrogen-bond donors (Lipinski definition) is 2. The van der Waals surface area contributed by atoms with E-state index in [2.05, 4.69) is 10.6 Å². The van der Waals surface area contributed by atoms with E-state index in [1.54, 1.807) is 0 Å². The van der Waals surface area contributed by atoms with E-state index in [-0.39, 0.29) is 23.9 Å². The zero-order valence-corrected chi connectivity index (χ0v) is 11.5. The summed E-state index contributed by atoms with van der Waals surface area (Å²) in [5.41, 5.74) is 1.36. The summed E-state index contributed by atoms with van der Waals surface area (Å²) in [6, 6.07) is 13.3. The number of rotatable bonds is 4. The molecule has 21 heavy (non-hydrogen) atoms. The van der Waals surface area contributed by atoms with Crippen LogP contribution in [0.15, 0.2) is 48.5 Å². The van der Waals surface area contributed by atoms with Crippen molar-refractivity contribution in [3.63, 3.8) is 0 Å². The van der Waals surface area contributed by atoms with E-state index in [0.29, 0.717) is 5.69 Å². The summed E-state index contributed by atoms with van der Waals surface area (Å²) in [5.74, 6) is -1.13. The molecule has 0 unspecified atom stereocenters. The maximum atomic E-state index is 13.5. The van der Waals surface area contributed by atoms with Crippen LogP contribution >= 0.6 is 0 Å². The van der Waals surface area contributed by atoms with Crippen LogP contribution in [0.25, 0.3) is 0 Å². The van der Waals surface area contributed by atoms with Crippen molar-refractivity contribution in [3.8, 4) is 0 Å². The average molecular weight is 286 g/mol. The fourth-order valence-electron chi connectivity index (χ4n) is 1.87. The van der Waals surface area contributed by atoms with Crippen molar-refractivity contribution in [1.82, 2.24) is 0 Å². The molecular formula is C16H15FN2O2. The van der Waals surface area contributed by atoms with Gasteiger partial charge in [0.2, 0.25) is 11.8 Å². The molecule has 0 bridgehead atoms. The Morgan fingerprint density at radius 2 is 1.76 bits per heavy atom. The lowest BCUT2D eigenvalue weighted by Gasteiger charge is -2.09. The van der Waals surface area contributed by atoms with Gasteiger partial charge < -0.3 is 10.6 Å². The number of nitrogens with one attached hydrogen (secondary N) is 2. The lowest BCUT2D eigenvalue weighted by Crippen LogP contribution is -2.15. The van der Waals surface area contributed by atoms with Gasteiger partial charge in [-0.05, 0) is 23.8 Å². The minimum Gasteiger partial charge on any atom is -0.326 e. The van der Waals surface area contributed by atoms with Crippen LogP contribution in [0.1, 0.15) is 12.5 Å². The SMILES string of the molecule is CC(=O)Nc1cc(NC(=O)Cc2ccccc2)ccc1F. The van der Waals surface area contributed by atoms with Crippen LogP contribution in [0, 0.1) is 5.82 Å². The first-order valence-electron chi connectivity index (χ1n) is 6.45. The number of amides is 2. The minimum atomic E-state index is -0.550. The molecular weight excluding hydrogens is 271 g/mol. The van der Waals surface area contributed by atoms with Crippen LogP contribution < -0.4 is 10.6 Å². The zero-order chi connectivity index (χ0) is 15.2. The second-order valence-electron chi connectivity index (χ2n) is 4.59. The first-order chi connectivity index (χ1) is 10.0. The van der Waals surface area contributed by atoms with E-state index in [1.165, 1.54) is 25.1 Å². The summed E-state index contributed by atoms with van der Waals surface area (Å²) in [6.07, 6.45) is 0.230. The highest BCUT2D eigenvalue weighted by Crippen LogP contribution is 2.19. The Kier molecular flexibility index (Phi) is 4.66. The first-order valence-corrected chi connectivity index (χ1v) is 6.45. The number of carbonyl (C=O) groups is 2. The quantitative estimate of drug-likeness (QED) is 0.907. The molecule has 0 radical (unpaired) electrons. The second-order valence-corrected chi connectivity index (χ2v) is 4.59. The van der Waals surface area contributed by atoms with Gasteiger partial charge in [-0.3, -0.25) is 9.59 Å². The predicted octanol–water partition coefficient (Wildman–Crippen LogP) is 2.97. The highest BCUT2D eigenvalue weighted by Gasteiger charge is 2.08. The molecule has 0 heterocycles. The van der Waals surface area contributed by atoms with Crippen molar-refractivity contribution < 1.29 is 14.0 Å². The van der Waals surface area contributed by atoms with Crippen molar-refractivity contribution in [2.75, 3.05) is 10.6 Å². The first kappa shape index (κ1) is 14.7. The van der Waals surface area contributed by atoms with Crippen LogP contribution in [-0.2, 0) is 16.0 Å². The van der Waals surface area contributed by atoms with Crippen molar-refractivity contribution in [3.05, 3.63) is 59.9 Å². The molecule has 2 amide bonds. The molecule has 0 saturated carbocycles. The molecule has 0 spiro atoms. The van der Waals surface area contributed by atoms with Gasteiger partial charge in [0.15, 0.2) is 0 Å². The maximum Gasteiger partial charge on any atom is 0.228 e. The topological polar surface area (TPSA) is 58.2 Å². The number of anilines is 2. The van der Waals surface area contributed by atoms with Crippen molar-refractivity contribution in [1.29, 1.82) is 0 Å². The lowest BCUT2D eigenvalue weighted by molar-refractivity contribution is -0.115. The Balaban J connectivity index is 2.05. The number of carbonyl (C=O) groups excluding carboxylic acids is 2. The van der Waals surface area contributed by atoms with E-state index in [0.717, 1.165) is 5.56 Å². The second kappa shape index (κ2) is 6.65. The van der Waals surface area contributed by atoms with Gasteiger partial charge >= 0.3 is 0 Å². The molecule has 2 aromatic rings. The molecule has 0 aromatic heterocycles. The summed E-state index contributed by atoms with van der Waals surface area (Å²) in [7, 11) is 0. The van der Waals surface area contributed by atoms with Crippen LogP contribution in [0.5, 0.6) is 0 Å². The van der Waals surface area contributed by atoms with Crippen molar-refractivity contribution in [2.45, 2.75) is 13.3 Å². The molecule has 5 heteroatoms. The molecule has 2 aromatic carbocycles. The van der Waals surface area contributed by atoms with Gasteiger partial charge in [-0.1, -0.05) is 30.3 Å². The van der Waals surface area contributed by atoms with Crippen LogP contribution in [-0.4, -0.2) is 11.8 Å². The van der Waals surface area contributed by atoms with Gasteiger partial charge in [-0.15, -0.1) is 0 Å². The van der Waals surface area contributed by atoms with Gasteiger partial charge in [0, 0.05) is 12.6 Å². The van der Waals surface area contributed by atoms with E-state index in [4.69, 9.17) is 0 Å². The normalized spacial score (nSPS) is 10.0. The summed E-state index contributed by atoms with van der Waals surface area (Å²) in [5, 5.41) is 5.05. The van der Waals surface area contributed by atoms with Crippen LogP contribution in [0.3, 0.4) is 0 Å². The fraction of sp³-hybridized carbons (Fsp3) is 0.125. The fourth-order valence-corrected chi connectivity index (χ4v) is 1.87. The molecule has 0 fully saturated rings. The lowest BCUT2D eigenvalue weighted by atomic mass is 10.1. The smallest absolute Gasteiger partial charge is 0.228 e. The van der Waals surface area contributed by atoms with E-state index in [1.807, 2.05) is 30.3 Å². The molecule has 2 N–H and O–H groups in total. The summed E-state index contributed by atoms with van der Waals surface area (Å²) >= 11 is 0. The number of hydrogen-bond acceptors (Lipinski definition) is 2. The van der Waals surface area contributed by atoms with Gasteiger partial charge in [0.1, 0.15) is 5.82 Å². The van der Waals surface area contributed by atoms with Gasteiger partial charge in [-0.2, -0.15) is 0 Å². The molecule has 0 aliphatic rings. The molecule has 2 rings (SSSR count). The molecule has 0 aliphatic carbocycles. The molecule has 0 saturated heterocycles. The van der Waals surface area contributed by atoms with Crippen LogP contribution in [0.4, 0.5) is 15.8 Å². The van der Waals surface area contributed by atoms with Crippen molar-refractivity contribution in [2.24, 2.45) is 0 Å². The van der Waals surface area contributed by atoms with Gasteiger partial charge in [0.05, 0.1) is 12.1 Å². The number of halogens is 1. The molecule has 0 atom stereocenters. The van der Waals surface area contributed by atoms with Gasteiger partial charge in [0.25, 0.3) is 0 Å². The van der Waals surface area contributed by atoms with Crippen LogP contribution in [0.2, 0.25) is 0 Å². The van der Waals surface area contributed by atoms with Gasteiger partial charge in [-0.25, -0.2) is 4.39 Å². The third-order valence-corrected chi connectivity index (χ3v) is 2.77. The van der Waals surface area contributed by atoms with E-state index < -0.39 is 5.82 Å². The monoisotopic (exact) mass is 286 g/mol. The van der Waals surface area contributed by atoms with E-state index >= 15 is 0 Å². The summed E-state index contributed by atoms with van der Waals surface area (Å²) < 4.78 is 13.5. The highest BCUT2D eigenvalue weighted by atomic mass is 19.1. The Hall–Kier alpha value is -2.69. The maximum absolute atomic E-state index is 13.5. The van der Waals surface area contributed by atoms with E-state index in [9.17, 15) is 14.0 Å². The standard InChI is InChI=1S/C16H15FN2O2/c1-11(20)18-15-10-13(7-8-14(15)17)19-16(21)9-12-5-3-2-4-6-12/h2-8,10H,9H2,1H3,(H,18,20)(H,19,21). The third kappa shape index (κ3) is 4.42. The average Bonchev–Trinajstić information content (AvgIpc) is 2.43. The summed E-state index contributed by atoms with van der Waals surface area (Å²) in [6.45, 7) is 1.29. The Morgan fingerprint density at radius 3 is 2.43 bits per heavy atom. The molecule has 108 valence electrons. The predicted molar refractivity (Wildman–Crippen MR) is 79.5 cm³/mol. The highest BCUT2D eigenvalue weighted by molar-refractivity contribution is 5.94. The minimum absolute atomic E-state index is 0.0417. The third-order valence-electron chi connectivity index (χ3n) is 2.77. The Bertz CT molecular complexity index is 657. The Morgan fingerprint density at radius 1 is 1.05 bits per heavy atom. The van der Waals surface area contributed by atoms with Crippen molar-refractivity contribution >= 4 is 23.2 Å².